The molecule has 0 aromatic heterocycles. The molecule has 3 N–H and O–H groups in total. The number of rotatable bonds is 5. The summed E-state index contributed by atoms with van der Waals surface area (Å²) in [6.07, 6.45) is -1.86. The van der Waals surface area contributed by atoms with E-state index in [1.165, 1.54) is 0 Å². The van der Waals surface area contributed by atoms with Crippen molar-refractivity contribution >= 4 is 0 Å². The largest absolute Gasteiger partial charge is 0.377 e. The van der Waals surface area contributed by atoms with Crippen LogP contribution in [0.4, 0.5) is 17.6 Å². The van der Waals surface area contributed by atoms with E-state index >= 15 is 0 Å². The molecule has 2 aliphatic rings. The molecular formula is C13H22F4N2O. The van der Waals surface area contributed by atoms with Crippen LogP contribution in [0.25, 0.3) is 0 Å². The molecule has 1 aliphatic heterocycles. The zero-order valence-corrected chi connectivity index (χ0v) is 11.8. The lowest BCUT2D eigenvalue weighted by Gasteiger charge is -2.66. The van der Waals surface area contributed by atoms with Crippen molar-refractivity contribution in [2.45, 2.75) is 50.7 Å². The molecular weight excluding hydrogens is 276 g/mol. The summed E-state index contributed by atoms with van der Waals surface area (Å²) in [6.45, 7) is 3.60. The first-order valence-corrected chi connectivity index (χ1v) is 6.90. The van der Waals surface area contributed by atoms with Gasteiger partial charge in [-0.05, 0) is 12.8 Å². The Morgan fingerprint density at radius 3 is 2.65 bits per heavy atom. The highest BCUT2D eigenvalue weighted by Crippen LogP contribution is 2.57. The molecule has 118 valence electrons. The topological polar surface area (TPSA) is 47.3 Å². The predicted molar refractivity (Wildman–Crippen MR) is 67.0 cm³/mol. The summed E-state index contributed by atoms with van der Waals surface area (Å²) < 4.78 is 55.7. The van der Waals surface area contributed by atoms with E-state index < -0.39 is 24.4 Å². The molecule has 0 aromatic carbocycles. The Hall–Kier alpha value is -0.400. The smallest absolute Gasteiger partial charge is 0.319 e. The van der Waals surface area contributed by atoms with Crippen molar-refractivity contribution in [1.29, 1.82) is 0 Å². The number of nitrogens with two attached hydrogens (primary N) is 1. The molecule has 1 saturated carbocycles. The summed E-state index contributed by atoms with van der Waals surface area (Å²) in [5.41, 5.74) is 5.31. The van der Waals surface area contributed by atoms with Crippen molar-refractivity contribution in [2.24, 2.45) is 17.1 Å². The van der Waals surface area contributed by atoms with E-state index in [4.69, 9.17) is 10.5 Å². The molecule has 0 radical (unpaired) electrons. The first-order chi connectivity index (χ1) is 9.13. The fourth-order valence-electron chi connectivity index (χ4n) is 3.54. The Bertz CT molecular complexity index is 364. The lowest BCUT2D eigenvalue weighted by Crippen LogP contribution is -2.80. The third-order valence-electron chi connectivity index (χ3n) is 4.99. The van der Waals surface area contributed by atoms with Gasteiger partial charge in [0.2, 0.25) is 0 Å². The quantitative estimate of drug-likeness (QED) is 0.763. The lowest BCUT2D eigenvalue weighted by molar-refractivity contribution is -0.226. The highest BCUT2D eigenvalue weighted by atomic mass is 19.3. The molecule has 3 atom stereocenters. The summed E-state index contributed by atoms with van der Waals surface area (Å²) in [5, 5.41) is 2.43. The average molecular weight is 298 g/mol. The molecule has 0 bridgehead atoms. The summed E-state index contributed by atoms with van der Waals surface area (Å²) >= 11 is 0. The van der Waals surface area contributed by atoms with Crippen molar-refractivity contribution in [2.75, 3.05) is 19.7 Å². The minimum absolute atomic E-state index is 0.0265. The highest BCUT2D eigenvalue weighted by Gasteiger charge is 2.66. The molecule has 2 fully saturated rings. The van der Waals surface area contributed by atoms with Crippen LogP contribution in [0, 0.1) is 11.3 Å². The van der Waals surface area contributed by atoms with E-state index in [1.807, 2.05) is 13.8 Å². The zero-order chi connectivity index (χ0) is 15.2. The second-order valence-corrected chi connectivity index (χ2v) is 6.47. The van der Waals surface area contributed by atoms with Crippen LogP contribution in [-0.2, 0) is 4.74 Å². The van der Waals surface area contributed by atoms with Gasteiger partial charge in [0.15, 0.2) is 0 Å². The number of ether oxygens (including phenoxy) is 1. The van der Waals surface area contributed by atoms with E-state index in [0.29, 0.717) is 6.61 Å². The van der Waals surface area contributed by atoms with Crippen molar-refractivity contribution in [3.05, 3.63) is 0 Å². The van der Waals surface area contributed by atoms with Crippen LogP contribution in [0.5, 0.6) is 0 Å². The van der Waals surface area contributed by atoms with Crippen molar-refractivity contribution in [3.63, 3.8) is 0 Å². The van der Waals surface area contributed by atoms with Crippen LogP contribution in [0.3, 0.4) is 0 Å². The number of halogens is 4. The van der Waals surface area contributed by atoms with Crippen LogP contribution < -0.4 is 11.1 Å². The van der Waals surface area contributed by atoms with Crippen molar-refractivity contribution in [3.8, 4) is 0 Å². The molecule has 0 spiro atoms. The van der Waals surface area contributed by atoms with Crippen LogP contribution >= 0.6 is 0 Å². The number of hydrogen-bond donors (Lipinski definition) is 2. The summed E-state index contributed by atoms with van der Waals surface area (Å²) in [7, 11) is 0. The van der Waals surface area contributed by atoms with E-state index in [9.17, 15) is 17.6 Å². The minimum Gasteiger partial charge on any atom is -0.377 e. The lowest BCUT2D eigenvalue weighted by atomic mass is 9.46. The molecule has 0 aromatic rings. The molecule has 3 nitrogen and oxygen atoms in total. The number of fused-ring (bicyclic) bond motifs is 1. The van der Waals surface area contributed by atoms with E-state index in [1.54, 1.807) is 0 Å². The zero-order valence-electron chi connectivity index (χ0n) is 11.8. The van der Waals surface area contributed by atoms with Crippen LogP contribution in [-0.4, -0.2) is 43.7 Å². The monoisotopic (exact) mass is 298 g/mol. The Kier molecular flexibility index (Phi) is 4.08. The van der Waals surface area contributed by atoms with E-state index in [-0.39, 0.29) is 24.0 Å². The third kappa shape index (κ3) is 2.33. The molecule has 0 amide bonds. The first kappa shape index (κ1) is 16.0. The third-order valence-corrected chi connectivity index (χ3v) is 4.99. The van der Waals surface area contributed by atoms with Crippen LogP contribution in [0.1, 0.15) is 26.7 Å². The normalized spacial score (nSPS) is 36.6. The average Bonchev–Trinajstić information content (AvgIpc) is 2.38. The van der Waals surface area contributed by atoms with Gasteiger partial charge in [0.05, 0.1) is 12.6 Å². The minimum atomic E-state index is -4.02. The molecule has 3 unspecified atom stereocenters. The van der Waals surface area contributed by atoms with Crippen molar-refractivity contribution < 1.29 is 22.3 Å². The van der Waals surface area contributed by atoms with Crippen LogP contribution in [0.15, 0.2) is 0 Å². The van der Waals surface area contributed by atoms with Gasteiger partial charge >= 0.3 is 12.3 Å². The van der Waals surface area contributed by atoms with Crippen molar-refractivity contribution in [1.82, 2.24) is 5.32 Å². The SMILES string of the molecule is CC1(C)C2OCCCC2C1(N)CNCC(F)(F)C(F)F. The Labute approximate surface area is 116 Å². The molecule has 1 heterocycles. The fourth-order valence-corrected chi connectivity index (χ4v) is 3.54. The number of nitrogens with one attached hydrogen (secondary N) is 1. The number of alkyl halides is 4. The van der Waals surface area contributed by atoms with Gasteiger partial charge in [0.25, 0.3) is 0 Å². The summed E-state index contributed by atoms with van der Waals surface area (Å²) in [6, 6.07) is 0. The highest BCUT2D eigenvalue weighted by molar-refractivity contribution is 5.20. The van der Waals surface area contributed by atoms with E-state index in [2.05, 4.69) is 5.32 Å². The van der Waals surface area contributed by atoms with Gasteiger partial charge in [-0.1, -0.05) is 13.8 Å². The van der Waals surface area contributed by atoms with Gasteiger partial charge < -0.3 is 15.8 Å². The molecule has 20 heavy (non-hydrogen) atoms. The predicted octanol–water partition coefficient (Wildman–Crippen LogP) is 2.01. The van der Waals surface area contributed by atoms with Gasteiger partial charge in [-0.15, -0.1) is 0 Å². The molecule has 1 aliphatic carbocycles. The van der Waals surface area contributed by atoms with Gasteiger partial charge in [0, 0.05) is 30.0 Å². The van der Waals surface area contributed by atoms with Gasteiger partial charge in [0.1, 0.15) is 0 Å². The standard InChI is InChI=1S/C13H22F4N2O/c1-11(2)9-8(4-3-5-20-9)12(11,18)6-19-7-13(16,17)10(14)15/h8-10,19H,3-7,18H2,1-2H3. The van der Waals surface area contributed by atoms with Gasteiger partial charge in [-0.2, -0.15) is 8.78 Å². The molecule has 2 rings (SSSR count). The maximum Gasteiger partial charge on any atom is 0.319 e. The molecule has 7 heteroatoms. The first-order valence-electron chi connectivity index (χ1n) is 6.90. The van der Waals surface area contributed by atoms with E-state index in [0.717, 1.165) is 12.8 Å². The summed E-state index contributed by atoms with van der Waals surface area (Å²) in [4.78, 5) is 0. The Balaban J connectivity index is 1.94. The second-order valence-electron chi connectivity index (χ2n) is 6.47. The maximum atomic E-state index is 12.9. The van der Waals surface area contributed by atoms with Gasteiger partial charge in [-0.3, -0.25) is 0 Å². The maximum absolute atomic E-state index is 12.9. The van der Waals surface area contributed by atoms with Gasteiger partial charge in [-0.25, -0.2) is 8.78 Å². The number of hydrogen-bond acceptors (Lipinski definition) is 3. The molecule has 1 saturated heterocycles. The second kappa shape index (κ2) is 5.10. The Morgan fingerprint density at radius 1 is 1.40 bits per heavy atom. The summed E-state index contributed by atoms with van der Waals surface area (Å²) in [5.74, 6) is -3.92. The van der Waals surface area contributed by atoms with Crippen LogP contribution in [0.2, 0.25) is 0 Å². The fraction of sp³-hybridized carbons (Fsp3) is 1.00. The Morgan fingerprint density at radius 2 is 2.05 bits per heavy atom.